The Morgan fingerprint density at radius 2 is 1.77 bits per heavy atom. The number of pyridine rings is 1. The van der Waals surface area contributed by atoms with Crippen molar-refractivity contribution in [1.29, 1.82) is 0 Å². The van der Waals surface area contributed by atoms with Crippen molar-refractivity contribution in [3.05, 3.63) is 94.9 Å². The van der Waals surface area contributed by atoms with Crippen molar-refractivity contribution in [3.63, 3.8) is 0 Å². The van der Waals surface area contributed by atoms with Crippen LogP contribution < -0.4 is 0 Å². The van der Waals surface area contributed by atoms with Crippen molar-refractivity contribution in [1.82, 2.24) is 9.38 Å². The number of ketones is 1. The fraction of sp³-hybridized carbons (Fsp3) is 0.130. The highest BCUT2D eigenvalue weighted by Crippen LogP contribution is 2.26. The standard InChI is InChI=1S/C23H19ClN2O4S/c24-19-11-17(15-27)12-21(13-19)31(29,30)20-5-1-16(2-6-20)3-7-22(28)18-4-8-23-25-9-10-26(23)14-18/h1-2,4-6,8-14,27H,3,7,15H2. The molecule has 0 aliphatic rings. The third-order valence-corrected chi connectivity index (χ3v) is 6.98. The molecular weight excluding hydrogens is 436 g/mol. The third kappa shape index (κ3) is 4.54. The Balaban J connectivity index is 1.47. The van der Waals surface area contributed by atoms with E-state index in [-0.39, 0.29) is 27.2 Å². The van der Waals surface area contributed by atoms with Crippen LogP contribution in [-0.2, 0) is 22.9 Å². The molecule has 158 valence electrons. The monoisotopic (exact) mass is 454 g/mol. The number of hydrogen-bond acceptors (Lipinski definition) is 5. The quantitative estimate of drug-likeness (QED) is 0.424. The molecule has 4 rings (SSSR count). The zero-order valence-electron chi connectivity index (χ0n) is 16.4. The number of imidazole rings is 1. The maximum atomic E-state index is 12.9. The topological polar surface area (TPSA) is 88.7 Å². The highest BCUT2D eigenvalue weighted by Gasteiger charge is 2.19. The number of aromatic nitrogens is 2. The first-order valence-electron chi connectivity index (χ1n) is 9.57. The number of benzene rings is 2. The summed E-state index contributed by atoms with van der Waals surface area (Å²) in [6.45, 7) is -0.302. The van der Waals surface area contributed by atoms with Crippen molar-refractivity contribution < 1.29 is 18.3 Å². The molecule has 0 fully saturated rings. The number of halogens is 1. The molecule has 0 radical (unpaired) electrons. The number of Topliss-reactive ketones (excluding diaryl/α,β-unsaturated/α-hetero) is 1. The van der Waals surface area contributed by atoms with E-state index in [1.54, 1.807) is 47.3 Å². The summed E-state index contributed by atoms with van der Waals surface area (Å²) < 4.78 is 27.6. The molecule has 6 nitrogen and oxygen atoms in total. The molecule has 1 N–H and O–H groups in total. The number of hydrogen-bond donors (Lipinski definition) is 1. The van der Waals surface area contributed by atoms with Crippen molar-refractivity contribution >= 4 is 32.9 Å². The molecule has 0 saturated heterocycles. The smallest absolute Gasteiger partial charge is 0.206 e. The summed E-state index contributed by atoms with van der Waals surface area (Å²) in [5.74, 6) is 0.00255. The van der Waals surface area contributed by atoms with E-state index in [0.29, 0.717) is 24.0 Å². The second-order valence-corrected chi connectivity index (χ2v) is 9.52. The van der Waals surface area contributed by atoms with Crippen LogP contribution in [0.4, 0.5) is 0 Å². The van der Waals surface area contributed by atoms with Gasteiger partial charge in [0.15, 0.2) is 5.78 Å². The molecule has 0 aliphatic carbocycles. The van der Waals surface area contributed by atoms with Crippen LogP contribution in [0.2, 0.25) is 5.02 Å². The van der Waals surface area contributed by atoms with Gasteiger partial charge in [-0.15, -0.1) is 0 Å². The Bertz CT molecular complexity index is 1360. The number of aliphatic hydroxyl groups excluding tert-OH is 1. The second-order valence-electron chi connectivity index (χ2n) is 7.13. The van der Waals surface area contributed by atoms with Gasteiger partial charge in [-0.3, -0.25) is 4.79 Å². The van der Waals surface area contributed by atoms with Crippen molar-refractivity contribution in [2.75, 3.05) is 0 Å². The molecule has 0 aliphatic heterocycles. The number of fused-ring (bicyclic) bond motifs is 1. The zero-order chi connectivity index (χ0) is 22.0. The van der Waals surface area contributed by atoms with Crippen molar-refractivity contribution in [2.45, 2.75) is 29.2 Å². The van der Waals surface area contributed by atoms with Crippen molar-refractivity contribution in [3.8, 4) is 0 Å². The first-order chi connectivity index (χ1) is 14.9. The van der Waals surface area contributed by atoms with Crippen LogP contribution in [0, 0.1) is 0 Å². The molecule has 0 bridgehead atoms. The van der Waals surface area contributed by atoms with Gasteiger partial charge in [-0.25, -0.2) is 13.4 Å². The molecule has 0 atom stereocenters. The van der Waals surface area contributed by atoms with E-state index in [4.69, 9.17) is 11.6 Å². The van der Waals surface area contributed by atoms with E-state index in [1.165, 1.54) is 30.3 Å². The van der Waals surface area contributed by atoms with Crippen LogP contribution >= 0.6 is 11.6 Å². The Kier molecular flexibility index (Phi) is 5.91. The number of aliphatic hydroxyl groups is 1. The minimum absolute atomic E-state index is 0.00255. The van der Waals surface area contributed by atoms with Gasteiger partial charge in [-0.05, 0) is 60.0 Å². The summed E-state index contributed by atoms with van der Waals surface area (Å²) in [7, 11) is -3.77. The van der Waals surface area contributed by atoms with Crippen LogP contribution in [0.15, 0.2) is 83.0 Å². The van der Waals surface area contributed by atoms with Gasteiger partial charge in [0.25, 0.3) is 0 Å². The number of sulfone groups is 1. The molecule has 0 unspecified atom stereocenters. The fourth-order valence-corrected chi connectivity index (χ4v) is 5.00. The van der Waals surface area contributed by atoms with Gasteiger partial charge in [0.2, 0.25) is 9.84 Å². The molecule has 8 heteroatoms. The summed E-state index contributed by atoms with van der Waals surface area (Å²) in [5.41, 5.74) is 2.66. The van der Waals surface area contributed by atoms with E-state index in [9.17, 15) is 18.3 Å². The lowest BCUT2D eigenvalue weighted by molar-refractivity contribution is 0.0982. The van der Waals surface area contributed by atoms with E-state index in [2.05, 4.69) is 4.98 Å². The van der Waals surface area contributed by atoms with E-state index < -0.39 is 9.84 Å². The zero-order valence-corrected chi connectivity index (χ0v) is 18.0. The van der Waals surface area contributed by atoms with E-state index in [1.807, 2.05) is 0 Å². The van der Waals surface area contributed by atoms with Gasteiger partial charge < -0.3 is 9.51 Å². The SMILES string of the molecule is O=C(CCc1ccc(S(=O)(=O)c2cc(Cl)cc(CO)c2)cc1)c1ccc2nccn2c1. The summed E-state index contributed by atoms with van der Waals surface area (Å²) >= 11 is 5.98. The maximum Gasteiger partial charge on any atom is 0.206 e. The number of aryl methyl sites for hydroxylation is 1. The number of carbonyl (C=O) groups is 1. The lowest BCUT2D eigenvalue weighted by atomic mass is 10.0. The molecule has 0 saturated carbocycles. The predicted octanol–water partition coefficient (Wildman–Crippen LogP) is 4.13. The van der Waals surface area contributed by atoms with Crippen LogP contribution in [0.3, 0.4) is 0 Å². The van der Waals surface area contributed by atoms with E-state index >= 15 is 0 Å². The number of carbonyl (C=O) groups excluding carboxylic acids is 1. The molecule has 31 heavy (non-hydrogen) atoms. The first kappa shape index (κ1) is 21.2. The lowest BCUT2D eigenvalue weighted by Crippen LogP contribution is -2.04. The molecule has 2 heterocycles. The first-order valence-corrected chi connectivity index (χ1v) is 11.4. The summed E-state index contributed by atoms with van der Waals surface area (Å²) in [6, 6.07) is 14.3. The maximum absolute atomic E-state index is 12.9. The van der Waals surface area contributed by atoms with Gasteiger partial charge in [0, 0.05) is 35.6 Å². The molecule has 2 aromatic heterocycles. The third-order valence-electron chi connectivity index (χ3n) is 5.01. The van der Waals surface area contributed by atoms with Gasteiger partial charge in [-0.2, -0.15) is 0 Å². The Hall–Kier alpha value is -3.00. The summed E-state index contributed by atoms with van der Waals surface area (Å²) in [5, 5.41) is 9.55. The second kappa shape index (κ2) is 8.63. The normalized spacial score (nSPS) is 11.7. The van der Waals surface area contributed by atoms with Crippen LogP contribution in [-0.4, -0.2) is 28.7 Å². The molecule has 0 amide bonds. The van der Waals surface area contributed by atoms with Crippen molar-refractivity contribution in [2.24, 2.45) is 0 Å². The fourth-order valence-electron chi connectivity index (χ4n) is 3.33. The van der Waals surface area contributed by atoms with Crippen LogP contribution in [0.1, 0.15) is 27.9 Å². The number of nitrogens with zero attached hydrogens (tertiary/aromatic N) is 2. The summed E-state index contributed by atoms with van der Waals surface area (Å²) in [6.07, 6.45) is 6.02. The minimum Gasteiger partial charge on any atom is -0.392 e. The highest BCUT2D eigenvalue weighted by molar-refractivity contribution is 7.91. The van der Waals surface area contributed by atoms with E-state index in [0.717, 1.165) is 11.2 Å². The predicted molar refractivity (Wildman–Crippen MR) is 117 cm³/mol. The average Bonchev–Trinajstić information content (AvgIpc) is 3.25. The molecule has 0 spiro atoms. The summed E-state index contributed by atoms with van der Waals surface area (Å²) in [4.78, 5) is 16.8. The highest BCUT2D eigenvalue weighted by atomic mass is 35.5. The van der Waals surface area contributed by atoms with Gasteiger partial charge in [0.1, 0.15) is 5.65 Å². The largest absolute Gasteiger partial charge is 0.392 e. The van der Waals surface area contributed by atoms with Gasteiger partial charge in [-0.1, -0.05) is 23.7 Å². The average molecular weight is 455 g/mol. The van der Waals surface area contributed by atoms with Gasteiger partial charge >= 0.3 is 0 Å². The Morgan fingerprint density at radius 1 is 1.00 bits per heavy atom. The van der Waals surface area contributed by atoms with Gasteiger partial charge in [0.05, 0.1) is 16.4 Å². The molecule has 2 aromatic carbocycles. The van der Waals surface area contributed by atoms with Crippen LogP contribution in [0.5, 0.6) is 0 Å². The molecule has 4 aromatic rings. The molecular formula is C23H19ClN2O4S. The Morgan fingerprint density at radius 3 is 2.52 bits per heavy atom. The number of rotatable bonds is 7. The van der Waals surface area contributed by atoms with Crippen LogP contribution in [0.25, 0.3) is 5.65 Å². The lowest BCUT2D eigenvalue weighted by Gasteiger charge is -2.08. The minimum atomic E-state index is -3.77. The Labute approximate surface area is 184 Å².